The first-order chi connectivity index (χ1) is 7.59. The Morgan fingerprint density at radius 1 is 1.19 bits per heavy atom. The van der Waals surface area contributed by atoms with Crippen molar-refractivity contribution in [2.75, 3.05) is 24.7 Å². The number of rotatable bonds is 6. The van der Waals surface area contributed by atoms with Gasteiger partial charge in [0.25, 0.3) is 0 Å². The molecule has 0 radical (unpaired) electrons. The Morgan fingerprint density at radius 3 is 2.25 bits per heavy atom. The fraction of sp³-hybridized carbons (Fsp3) is 0.818. The highest BCUT2D eigenvalue weighted by molar-refractivity contribution is 7.99. The lowest BCUT2D eigenvalue weighted by Gasteiger charge is -2.13. The van der Waals surface area contributed by atoms with E-state index in [0.29, 0.717) is 6.54 Å². The smallest absolute Gasteiger partial charge is 0.232 e. The van der Waals surface area contributed by atoms with Gasteiger partial charge in [-0.1, -0.05) is 13.8 Å². The first-order valence-electron chi connectivity index (χ1n) is 5.63. The van der Waals surface area contributed by atoms with E-state index in [9.17, 15) is 9.59 Å². The fourth-order valence-corrected chi connectivity index (χ4v) is 2.52. The summed E-state index contributed by atoms with van der Waals surface area (Å²) in [6, 6.07) is 0. The van der Waals surface area contributed by atoms with Crippen LogP contribution in [0.5, 0.6) is 0 Å². The summed E-state index contributed by atoms with van der Waals surface area (Å²) in [6.45, 7) is 4.32. The van der Waals surface area contributed by atoms with Crippen LogP contribution in [0.3, 0.4) is 0 Å². The maximum Gasteiger partial charge on any atom is 0.232 e. The van der Waals surface area contributed by atoms with Crippen LogP contribution in [0.1, 0.15) is 20.3 Å². The minimum atomic E-state index is -0.171. The Kier molecular flexibility index (Phi) is 5.28. The lowest BCUT2D eigenvalue weighted by molar-refractivity contribution is -0.139. The van der Waals surface area contributed by atoms with E-state index in [1.165, 1.54) is 4.90 Å². The van der Waals surface area contributed by atoms with Crippen LogP contribution in [0.4, 0.5) is 0 Å². The second kappa shape index (κ2) is 6.25. The molecule has 2 unspecified atom stereocenters. The van der Waals surface area contributed by atoms with Crippen LogP contribution in [0.25, 0.3) is 0 Å². The van der Waals surface area contributed by atoms with Crippen LogP contribution in [0.2, 0.25) is 0 Å². The zero-order valence-electron chi connectivity index (χ0n) is 9.81. The summed E-state index contributed by atoms with van der Waals surface area (Å²) < 4.78 is 0. The number of carbonyl (C=O) groups excluding carboxylic acids is 2. The fourth-order valence-electron chi connectivity index (χ4n) is 1.67. The number of aliphatic hydroxyl groups excluding tert-OH is 1. The van der Waals surface area contributed by atoms with E-state index in [1.807, 2.05) is 13.8 Å². The minimum absolute atomic E-state index is 0.0414. The van der Waals surface area contributed by atoms with Crippen molar-refractivity contribution >= 4 is 23.6 Å². The van der Waals surface area contributed by atoms with E-state index in [-0.39, 0.29) is 30.3 Å². The van der Waals surface area contributed by atoms with Crippen LogP contribution < -0.4 is 0 Å². The molecular formula is C11H19NO3S. The van der Waals surface area contributed by atoms with Crippen molar-refractivity contribution in [1.29, 1.82) is 0 Å². The molecule has 0 aromatic heterocycles. The molecule has 5 heteroatoms. The quantitative estimate of drug-likeness (QED) is 0.554. The third kappa shape index (κ3) is 2.98. The molecular weight excluding hydrogens is 226 g/mol. The standard InChI is InChI=1S/C11H19NO3S/c1-8-9(2)11(15)12(10(8)14)4-7-16-6-3-5-13/h8-9,13H,3-7H2,1-2H3. The number of imide groups is 1. The molecule has 0 spiro atoms. The van der Waals surface area contributed by atoms with Crippen LogP contribution in [-0.2, 0) is 9.59 Å². The second-order valence-electron chi connectivity index (χ2n) is 4.09. The Hall–Kier alpha value is -0.550. The van der Waals surface area contributed by atoms with Crippen LogP contribution in [0.15, 0.2) is 0 Å². The average Bonchev–Trinajstić information content (AvgIpc) is 2.46. The van der Waals surface area contributed by atoms with Gasteiger partial charge in [-0.2, -0.15) is 11.8 Å². The van der Waals surface area contributed by atoms with Gasteiger partial charge in [-0.15, -0.1) is 0 Å². The molecule has 0 aromatic carbocycles. The molecule has 0 aromatic rings. The van der Waals surface area contributed by atoms with Gasteiger partial charge in [0.1, 0.15) is 0 Å². The van der Waals surface area contributed by atoms with Gasteiger partial charge in [0.05, 0.1) is 0 Å². The first-order valence-corrected chi connectivity index (χ1v) is 6.79. The summed E-state index contributed by atoms with van der Waals surface area (Å²) in [5, 5.41) is 8.60. The monoisotopic (exact) mass is 245 g/mol. The molecule has 2 atom stereocenters. The molecule has 2 amide bonds. The number of carbonyl (C=O) groups is 2. The van der Waals surface area contributed by atoms with Crippen LogP contribution >= 0.6 is 11.8 Å². The Balaban J connectivity index is 2.32. The molecule has 16 heavy (non-hydrogen) atoms. The zero-order chi connectivity index (χ0) is 12.1. The van der Waals surface area contributed by atoms with Gasteiger partial charge < -0.3 is 5.11 Å². The SMILES string of the molecule is CC1C(=O)N(CCSCCCO)C(=O)C1C. The predicted molar refractivity (Wildman–Crippen MR) is 64.1 cm³/mol. The molecule has 1 aliphatic heterocycles. The van der Waals surface area contributed by atoms with Gasteiger partial charge >= 0.3 is 0 Å². The summed E-state index contributed by atoms with van der Waals surface area (Å²) in [5.74, 6) is 1.21. The number of aliphatic hydroxyl groups is 1. The second-order valence-corrected chi connectivity index (χ2v) is 5.32. The number of thioether (sulfide) groups is 1. The van der Waals surface area contributed by atoms with Crippen molar-refractivity contribution in [3.8, 4) is 0 Å². The molecule has 1 rings (SSSR count). The average molecular weight is 245 g/mol. The van der Waals surface area contributed by atoms with Gasteiger partial charge in [0.2, 0.25) is 11.8 Å². The molecule has 4 nitrogen and oxygen atoms in total. The summed E-state index contributed by atoms with van der Waals surface area (Å²) >= 11 is 1.67. The van der Waals surface area contributed by atoms with Crippen molar-refractivity contribution in [3.05, 3.63) is 0 Å². The lowest BCUT2D eigenvalue weighted by atomic mass is 10.00. The van der Waals surface area contributed by atoms with Gasteiger partial charge in [-0.05, 0) is 12.2 Å². The van der Waals surface area contributed by atoms with Crippen molar-refractivity contribution in [2.45, 2.75) is 20.3 Å². The van der Waals surface area contributed by atoms with Crippen LogP contribution in [-0.4, -0.2) is 46.5 Å². The normalized spacial score (nSPS) is 25.6. The molecule has 1 heterocycles. The van der Waals surface area contributed by atoms with E-state index in [2.05, 4.69) is 0 Å². The van der Waals surface area contributed by atoms with Gasteiger partial charge in [0, 0.05) is 30.7 Å². The van der Waals surface area contributed by atoms with Crippen molar-refractivity contribution in [2.24, 2.45) is 11.8 Å². The number of nitrogens with zero attached hydrogens (tertiary/aromatic N) is 1. The number of hydrogen-bond donors (Lipinski definition) is 1. The van der Waals surface area contributed by atoms with Gasteiger partial charge in [0.15, 0.2) is 0 Å². The highest BCUT2D eigenvalue weighted by Gasteiger charge is 2.41. The molecule has 1 N–H and O–H groups in total. The maximum atomic E-state index is 11.7. The maximum absolute atomic E-state index is 11.7. The molecule has 92 valence electrons. The van der Waals surface area contributed by atoms with Crippen molar-refractivity contribution < 1.29 is 14.7 Å². The highest BCUT2D eigenvalue weighted by atomic mass is 32.2. The van der Waals surface area contributed by atoms with Crippen molar-refractivity contribution in [3.63, 3.8) is 0 Å². The number of likely N-dealkylation sites (tertiary alicyclic amines) is 1. The molecule has 1 fully saturated rings. The molecule has 0 bridgehead atoms. The number of hydrogen-bond acceptors (Lipinski definition) is 4. The summed E-state index contributed by atoms with van der Waals surface area (Å²) in [5.41, 5.74) is 0. The largest absolute Gasteiger partial charge is 0.396 e. The summed E-state index contributed by atoms with van der Waals surface area (Å²) in [7, 11) is 0. The first kappa shape index (κ1) is 13.5. The third-order valence-electron chi connectivity index (χ3n) is 2.97. The summed E-state index contributed by atoms with van der Waals surface area (Å²) in [4.78, 5) is 24.8. The minimum Gasteiger partial charge on any atom is -0.396 e. The van der Waals surface area contributed by atoms with E-state index >= 15 is 0 Å². The highest BCUT2D eigenvalue weighted by Crippen LogP contribution is 2.25. The summed E-state index contributed by atoms with van der Waals surface area (Å²) in [6.07, 6.45) is 0.763. The molecule has 1 saturated heterocycles. The zero-order valence-corrected chi connectivity index (χ0v) is 10.6. The van der Waals surface area contributed by atoms with Gasteiger partial charge in [-0.25, -0.2) is 0 Å². The van der Waals surface area contributed by atoms with Crippen LogP contribution in [0, 0.1) is 11.8 Å². The topological polar surface area (TPSA) is 57.6 Å². The Labute approximate surface area is 100 Å². The molecule has 0 saturated carbocycles. The van der Waals surface area contributed by atoms with E-state index in [1.54, 1.807) is 11.8 Å². The predicted octanol–water partition coefficient (Wildman–Crippen LogP) is 0.743. The Bertz CT molecular complexity index is 250. The molecule has 1 aliphatic rings. The lowest BCUT2D eigenvalue weighted by Crippen LogP contribution is -2.33. The van der Waals surface area contributed by atoms with E-state index in [0.717, 1.165) is 17.9 Å². The van der Waals surface area contributed by atoms with E-state index < -0.39 is 0 Å². The van der Waals surface area contributed by atoms with E-state index in [4.69, 9.17) is 5.11 Å². The Morgan fingerprint density at radius 2 is 1.75 bits per heavy atom. The third-order valence-corrected chi connectivity index (χ3v) is 4.02. The number of amides is 2. The van der Waals surface area contributed by atoms with Gasteiger partial charge in [-0.3, -0.25) is 14.5 Å². The molecule has 0 aliphatic carbocycles. The van der Waals surface area contributed by atoms with Crippen molar-refractivity contribution in [1.82, 2.24) is 4.90 Å².